The second-order valence-electron chi connectivity index (χ2n) is 5.86. The van der Waals surface area contributed by atoms with Crippen LogP contribution in [0.5, 0.6) is 5.75 Å². The number of anilines is 1. The summed E-state index contributed by atoms with van der Waals surface area (Å²) in [6, 6.07) is 16.3. The van der Waals surface area contributed by atoms with Gasteiger partial charge in [-0.2, -0.15) is 13.2 Å². The van der Waals surface area contributed by atoms with Gasteiger partial charge in [0, 0.05) is 11.8 Å². The number of nitrogen functional groups attached to an aromatic ring is 1. The third-order valence-electron chi connectivity index (χ3n) is 3.98. The van der Waals surface area contributed by atoms with Gasteiger partial charge < -0.3 is 10.5 Å². The minimum Gasteiger partial charge on any atom is -0.482 e. The lowest BCUT2D eigenvalue weighted by Gasteiger charge is -2.18. The van der Waals surface area contributed by atoms with Crippen LogP contribution in [0.4, 0.5) is 19.0 Å². The molecule has 0 fully saturated rings. The number of halogens is 3. The van der Waals surface area contributed by atoms with E-state index in [0.717, 1.165) is 23.3 Å². The van der Waals surface area contributed by atoms with E-state index in [1.54, 1.807) is 25.3 Å². The topological polar surface area (TPSA) is 48.1 Å². The largest absolute Gasteiger partial charge is 0.482 e. The van der Waals surface area contributed by atoms with Gasteiger partial charge in [0.1, 0.15) is 6.10 Å². The van der Waals surface area contributed by atoms with Gasteiger partial charge in [-0.15, -0.1) is 0 Å². The summed E-state index contributed by atoms with van der Waals surface area (Å²) in [5, 5.41) is 0. The number of nitrogens with two attached hydrogens (primary N) is 1. The van der Waals surface area contributed by atoms with Gasteiger partial charge in [0.25, 0.3) is 0 Å². The SMILES string of the molecule is CC(Oc1cc(-c2ccccc2)cnc1N)c1cccc(C(F)(F)F)c1. The Morgan fingerprint density at radius 3 is 2.38 bits per heavy atom. The Morgan fingerprint density at radius 1 is 0.962 bits per heavy atom. The molecule has 0 aliphatic heterocycles. The van der Waals surface area contributed by atoms with Gasteiger partial charge in [-0.05, 0) is 36.2 Å². The fourth-order valence-corrected chi connectivity index (χ4v) is 2.56. The van der Waals surface area contributed by atoms with Crippen LogP contribution in [0.25, 0.3) is 11.1 Å². The molecule has 6 heteroatoms. The first-order valence-electron chi connectivity index (χ1n) is 7.99. The molecule has 1 aromatic heterocycles. The number of hydrogen-bond donors (Lipinski definition) is 1. The van der Waals surface area contributed by atoms with Crippen LogP contribution in [0.15, 0.2) is 66.9 Å². The molecule has 0 saturated carbocycles. The Morgan fingerprint density at radius 2 is 1.69 bits per heavy atom. The lowest BCUT2D eigenvalue weighted by molar-refractivity contribution is -0.137. The van der Waals surface area contributed by atoms with Gasteiger partial charge in [-0.1, -0.05) is 42.5 Å². The first-order chi connectivity index (χ1) is 12.3. The van der Waals surface area contributed by atoms with Crippen molar-refractivity contribution in [2.75, 3.05) is 5.73 Å². The third kappa shape index (κ3) is 3.96. The lowest BCUT2D eigenvalue weighted by Crippen LogP contribution is -2.09. The van der Waals surface area contributed by atoms with E-state index in [-0.39, 0.29) is 5.82 Å². The smallest absolute Gasteiger partial charge is 0.416 e. The minimum atomic E-state index is -4.40. The zero-order valence-corrected chi connectivity index (χ0v) is 14.0. The molecule has 2 N–H and O–H groups in total. The number of alkyl halides is 3. The first-order valence-corrected chi connectivity index (χ1v) is 7.99. The number of benzene rings is 2. The summed E-state index contributed by atoms with van der Waals surface area (Å²) in [4.78, 5) is 4.13. The van der Waals surface area contributed by atoms with Crippen molar-refractivity contribution in [1.82, 2.24) is 4.98 Å². The fraction of sp³-hybridized carbons (Fsp3) is 0.150. The van der Waals surface area contributed by atoms with Gasteiger partial charge in [0.15, 0.2) is 11.6 Å². The van der Waals surface area contributed by atoms with E-state index in [1.807, 2.05) is 30.3 Å². The second-order valence-corrected chi connectivity index (χ2v) is 5.86. The van der Waals surface area contributed by atoms with E-state index in [2.05, 4.69) is 4.98 Å². The van der Waals surface area contributed by atoms with Crippen LogP contribution >= 0.6 is 0 Å². The van der Waals surface area contributed by atoms with Gasteiger partial charge in [0.2, 0.25) is 0 Å². The Bertz CT molecular complexity index is 895. The number of pyridine rings is 1. The molecule has 0 saturated heterocycles. The summed E-state index contributed by atoms with van der Waals surface area (Å²) in [6.07, 6.45) is -3.39. The Hall–Kier alpha value is -3.02. The van der Waals surface area contributed by atoms with Gasteiger partial charge >= 0.3 is 6.18 Å². The van der Waals surface area contributed by atoms with Crippen LogP contribution in [0.3, 0.4) is 0 Å². The monoisotopic (exact) mass is 358 g/mol. The highest BCUT2D eigenvalue weighted by Crippen LogP contribution is 2.33. The molecule has 1 unspecified atom stereocenters. The average molecular weight is 358 g/mol. The third-order valence-corrected chi connectivity index (χ3v) is 3.98. The molecule has 2 aromatic carbocycles. The first kappa shape index (κ1) is 17.8. The standard InChI is InChI=1S/C20H17F3N2O/c1-13(15-8-5-9-17(10-15)20(21,22)23)26-18-11-16(12-25-19(18)24)14-6-3-2-4-7-14/h2-13H,1H3,(H2,24,25). The molecular formula is C20H17F3N2O. The summed E-state index contributed by atoms with van der Waals surface area (Å²) < 4.78 is 44.5. The molecule has 3 rings (SSSR count). The molecule has 3 nitrogen and oxygen atoms in total. The zero-order chi connectivity index (χ0) is 18.7. The molecule has 0 amide bonds. The predicted octanol–water partition coefficient (Wildman–Crippen LogP) is 5.49. The molecule has 0 aliphatic carbocycles. The Kier molecular flexibility index (Phi) is 4.84. The molecule has 3 aromatic rings. The normalized spacial score (nSPS) is 12.6. The second kappa shape index (κ2) is 7.07. The zero-order valence-electron chi connectivity index (χ0n) is 14.0. The highest BCUT2D eigenvalue weighted by Gasteiger charge is 2.30. The van der Waals surface area contributed by atoms with Crippen LogP contribution < -0.4 is 10.5 Å². The number of ether oxygens (including phenoxy) is 1. The van der Waals surface area contributed by atoms with Crippen LogP contribution in [0, 0.1) is 0 Å². The molecule has 0 spiro atoms. The van der Waals surface area contributed by atoms with E-state index in [1.165, 1.54) is 6.07 Å². The fourth-order valence-electron chi connectivity index (χ4n) is 2.56. The van der Waals surface area contributed by atoms with Crippen LogP contribution in [-0.4, -0.2) is 4.98 Å². The molecule has 0 bridgehead atoms. The van der Waals surface area contributed by atoms with Crippen molar-refractivity contribution in [1.29, 1.82) is 0 Å². The molecule has 1 atom stereocenters. The molecule has 0 aliphatic rings. The summed E-state index contributed by atoms with van der Waals surface area (Å²) in [6.45, 7) is 1.67. The summed E-state index contributed by atoms with van der Waals surface area (Å²) in [5.41, 5.74) is 7.32. The summed E-state index contributed by atoms with van der Waals surface area (Å²) in [5.74, 6) is 0.514. The highest BCUT2D eigenvalue weighted by atomic mass is 19.4. The van der Waals surface area contributed by atoms with E-state index >= 15 is 0 Å². The highest BCUT2D eigenvalue weighted by molar-refractivity contribution is 5.66. The number of rotatable bonds is 4. The Balaban J connectivity index is 1.87. The number of nitrogens with zero attached hydrogens (tertiary/aromatic N) is 1. The van der Waals surface area contributed by atoms with Crippen LogP contribution in [0.2, 0.25) is 0 Å². The van der Waals surface area contributed by atoms with Crippen molar-refractivity contribution in [3.63, 3.8) is 0 Å². The van der Waals surface area contributed by atoms with Crippen LogP contribution in [-0.2, 0) is 6.18 Å². The quantitative estimate of drug-likeness (QED) is 0.671. The van der Waals surface area contributed by atoms with Crippen molar-refractivity contribution >= 4 is 5.82 Å². The molecule has 1 heterocycles. The van der Waals surface area contributed by atoms with Crippen molar-refractivity contribution in [2.24, 2.45) is 0 Å². The van der Waals surface area contributed by atoms with Gasteiger partial charge in [0.05, 0.1) is 5.56 Å². The molecule has 134 valence electrons. The van der Waals surface area contributed by atoms with Crippen molar-refractivity contribution in [3.8, 4) is 16.9 Å². The summed E-state index contributed by atoms with van der Waals surface area (Å²) >= 11 is 0. The molecule has 0 radical (unpaired) electrons. The number of aromatic nitrogens is 1. The summed E-state index contributed by atoms with van der Waals surface area (Å²) in [7, 11) is 0. The van der Waals surface area contributed by atoms with E-state index in [0.29, 0.717) is 11.3 Å². The van der Waals surface area contributed by atoms with Crippen molar-refractivity contribution in [2.45, 2.75) is 19.2 Å². The predicted molar refractivity (Wildman–Crippen MR) is 94.6 cm³/mol. The maximum absolute atomic E-state index is 12.9. The van der Waals surface area contributed by atoms with E-state index in [4.69, 9.17) is 10.5 Å². The maximum Gasteiger partial charge on any atom is 0.416 e. The number of hydrogen-bond acceptors (Lipinski definition) is 3. The molecule has 26 heavy (non-hydrogen) atoms. The molecular weight excluding hydrogens is 341 g/mol. The minimum absolute atomic E-state index is 0.184. The van der Waals surface area contributed by atoms with Gasteiger partial charge in [-0.25, -0.2) is 4.98 Å². The van der Waals surface area contributed by atoms with Crippen molar-refractivity contribution in [3.05, 3.63) is 78.0 Å². The average Bonchev–Trinajstić information content (AvgIpc) is 2.63. The van der Waals surface area contributed by atoms with E-state index in [9.17, 15) is 13.2 Å². The van der Waals surface area contributed by atoms with E-state index < -0.39 is 17.8 Å². The lowest BCUT2D eigenvalue weighted by atomic mass is 10.1. The van der Waals surface area contributed by atoms with Crippen LogP contribution in [0.1, 0.15) is 24.2 Å². The van der Waals surface area contributed by atoms with Crippen molar-refractivity contribution < 1.29 is 17.9 Å². The van der Waals surface area contributed by atoms with Gasteiger partial charge in [-0.3, -0.25) is 0 Å². The maximum atomic E-state index is 12.9. The Labute approximate surface area is 149 Å².